The molecule has 3 heterocycles. The Bertz CT molecular complexity index is 776. The maximum Gasteiger partial charge on any atom is 0.227 e. The summed E-state index contributed by atoms with van der Waals surface area (Å²) >= 11 is 0. The molecule has 142 valence electrons. The average molecular weight is 370 g/mol. The lowest BCUT2D eigenvalue weighted by Crippen LogP contribution is -2.67. The number of amides is 1. The summed E-state index contributed by atoms with van der Waals surface area (Å²) in [6, 6.07) is 11.9. The maximum absolute atomic E-state index is 13.0. The van der Waals surface area contributed by atoms with Gasteiger partial charge in [-0.05, 0) is 36.2 Å². The number of hydrogen-bond donors (Lipinski definition) is 0. The van der Waals surface area contributed by atoms with Crippen molar-refractivity contribution in [2.45, 2.75) is 37.6 Å². The third-order valence-electron chi connectivity index (χ3n) is 5.22. The first-order chi connectivity index (χ1) is 13.1. The molecule has 2 aliphatic heterocycles. The number of benzene rings is 1. The van der Waals surface area contributed by atoms with Gasteiger partial charge in [0.15, 0.2) is 0 Å². The van der Waals surface area contributed by atoms with Gasteiger partial charge >= 0.3 is 0 Å². The monoisotopic (exact) mass is 370 g/mol. The van der Waals surface area contributed by atoms with Crippen LogP contribution in [0.4, 0.5) is 4.39 Å². The molecule has 2 saturated heterocycles. The zero-order valence-corrected chi connectivity index (χ0v) is 15.1. The first-order valence-corrected chi connectivity index (χ1v) is 9.30. The van der Waals surface area contributed by atoms with E-state index in [9.17, 15) is 9.18 Å². The molecule has 27 heavy (non-hydrogen) atoms. The highest BCUT2D eigenvalue weighted by atomic mass is 19.1. The minimum absolute atomic E-state index is 0.0485. The van der Waals surface area contributed by atoms with Crippen LogP contribution < -0.4 is 0 Å². The Morgan fingerprint density at radius 2 is 2.07 bits per heavy atom. The minimum Gasteiger partial charge on any atom is -0.372 e. The number of nitrogens with zero attached hydrogens (tertiary/aromatic N) is 2. The van der Waals surface area contributed by atoms with Gasteiger partial charge in [-0.3, -0.25) is 9.78 Å². The molecule has 1 aromatic carbocycles. The third kappa shape index (κ3) is 4.34. The molecule has 2 aromatic rings. The molecule has 0 saturated carbocycles. The molecule has 1 aromatic heterocycles. The first-order valence-electron chi connectivity index (χ1n) is 9.30. The van der Waals surface area contributed by atoms with E-state index in [0.717, 1.165) is 24.1 Å². The molecule has 1 amide bonds. The predicted molar refractivity (Wildman–Crippen MR) is 97.4 cm³/mol. The Hall–Kier alpha value is -2.31. The predicted octanol–water partition coefficient (Wildman–Crippen LogP) is 2.74. The van der Waals surface area contributed by atoms with Crippen LogP contribution in [0.5, 0.6) is 0 Å². The standard InChI is InChI=1S/C21H23FN2O3/c22-17-6-4-16(5-7-17)11-20(25)24-14-21(15-24)12-19(8-10-27-21)26-13-18-3-1-2-9-23-18/h1-7,9,19H,8,10-15H2/t19-/m0/s1. The molecule has 0 radical (unpaired) electrons. The number of carbonyl (C=O) groups is 1. The molecule has 2 aliphatic rings. The molecule has 2 fully saturated rings. The number of hydrogen-bond acceptors (Lipinski definition) is 4. The second-order valence-electron chi connectivity index (χ2n) is 7.33. The summed E-state index contributed by atoms with van der Waals surface area (Å²) in [4.78, 5) is 18.5. The van der Waals surface area contributed by atoms with Gasteiger partial charge in [-0.1, -0.05) is 18.2 Å². The third-order valence-corrected chi connectivity index (χ3v) is 5.22. The molecule has 0 N–H and O–H groups in total. The molecule has 1 atom stereocenters. The number of aromatic nitrogens is 1. The van der Waals surface area contributed by atoms with Crippen LogP contribution in [0, 0.1) is 5.82 Å². The Labute approximate surface area is 158 Å². The summed E-state index contributed by atoms with van der Waals surface area (Å²) in [5.74, 6) is -0.242. The minimum atomic E-state index is -0.290. The summed E-state index contributed by atoms with van der Waals surface area (Å²) in [5, 5.41) is 0. The molecule has 5 nitrogen and oxygen atoms in total. The van der Waals surface area contributed by atoms with E-state index < -0.39 is 0 Å². The van der Waals surface area contributed by atoms with Crippen LogP contribution >= 0.6 is 0 Å². The van der Waals surface area contributed by atoms with Gasteiger partial charge in [-0.25, -0.2) is 4.39 Å². The Morgan fingerprint density at radius 1 is 1.26 bits per heavy atom. The number of ether oxygens (including phenoxy) is 2. The summed E-state index contributed by atoms with van der Waals surface area (Å²) in [7, 11) is 0. The van der Waals surface area contributed by atoms with E-state index in [0.29, 0.717) is 26.3 Å². The molecule has 6 heteroatoms. The number of carbonyl (C=O) groups excluding carboxylic acids is 1. The van der Waals surface area contributed by atoms with Crippen molar-refractivity contribution in [3.63, 3.8) is 0 Å². The van der Waals surface area contributed by atoms with E-state index >= 15 is 0 Å². The second-order valence-corrected chi connectivity index (χ2v) is 7.33. The van der Waals surface area contributed by atoms with E-state index in [1.807, 2.05) is 23.1 Å². The Balaban J connectivity index is 1.26. The Kier molecular flexibility index (Phi) is 5.18. The van der Waals surface area contributed by atoms with Crippen LogP contribution in [0.1, 0.15) is 24.1 Å². The van der Waals surface area contributed by atoms with E-state index in [4.69, 9.17) is 9.47 Å². The van der Waals surface area contributed by atoms with Crippen molar-refractivity contribution in [2.24, 2.45) is 0 Å². The van der Waals surface area contributed by atoms with Crippen LogP contribution in [0.2, 0.25) is 0 Å². The summed E-state index contributed by atoms with van der Waals surface area (Å²) in [5.41, 5.74) is 1.46. The van der Waals surface area contributed by atoms with E-state index in [-0.39, 0.29) is 29.9 Å². The highest BCUT2D eigenvalue weighted by Crippen LogP contribution is 2.35. The van der Waals surface area contributed by atoms with Gasteiger partial charge in [0.05, 0.1) is 37.9 Å². The van der Waals surface area contributed by atoms with Crippen molar-refractivity contribution in [3.05, 3.63) is 65.7 Å². The average Bonchev–Trinajstić information content (AvgIpc) is 2.67. The lowest BCUT2D eigenvalue weighted by molar-refractivity contribution is -0.202. The second kappa shape index (κ2) is 7.74. The van der Waals surface area contributed by atoms with Crippen molar-refractivity contribution < 1.29 is 18.7 Å². The van der Waals surface area contributed by atoms with Crippen molar-refractivity contribution in [1.29, 1.82) is 0 Å². The molecule has 4 rings (SSSR count). The fourth-order valence-corrected chi connectivity index (χ4v) is 3.75. The largest absolute Gasteiger partial charge is 0.372 e. The lowest BCUT2D eigenvalue weighted by atomic mass is 9.84. The van der Waals surface area contributed by atoms with Crippen LogP contribution in [0.3, 0.4) is 0 Å². The van der Waals surface area contributed by atoms with E-state index in [1.54, 1.807) is 18.3 Å². The fourth-order valence-electron chi connectivity index (χ4n) is 3.75. The summed E-state index contributed by atoms with van der Waals surface area (Å²) < 4.78 is 25.0. The van der Waals surface area contributed by atoms with Gasteiger partial charge in [0.2, 0.25) is 5.91 Å². The highest BCUT2D eigenvalue weighted by molar-refractivity contribution is 5.80. The molecule has 1 spiro atoms. The van der Waals surface area contributed by atoms with Gasteiger partial charge in [0, 0.05) is 19.2 Å². The van der Waals surface area contributed by atoms with Crippen molar-refractivity contribution in [2.75, 3.05) is 19.7 Å². The summed E-state index contributed by atoms with van der Waals surface area (Å²) in [6.45, 7) is 2.33. The van der Waals surface area contributed by atoms with Gasteiger partial charge in [0.1, 0.15) is 11.4 Å². The number of rotatable bonds is 5. The van der Waals surface area contributed by atoms with Crippen molar-refractivity contribution >= 4 is 5.91 Å². The topological polar surface area (TPSA) is 51.7 Å². The smallest absolute Gasteiger partial charge is 0.227 e. The Morgan fingerprint density at radius 3 is 2.81 bits per heavy atom. The maximum atomic E-state index is 13.0. The van der Waals surface area contributed by atoms with Crippen LogP contribution in [0.25, 0.3) is 0 Å². The zero-order valence-electron chi connectivity index (χ0n) is 15.1. The molecular weight excluding hydrogens is 347 g/mol. The van der Waals surface area contributed by atoms with Gasteiger partial charge < -0.3 is 14.4 Å². The molecular formula is C21H23FN2O3. The van der Waals surface area contributed by atoms with E-state index in [1.165, 1.54) is 12.1 Å². The van der Waals surface area contributed by atoms with Crippen LogP contribution in [-0.2, 0) is 27.3 Å². The lowest BCUT2D eigenvalue weighted by Gasteiger charge is -2.53. The fraction of sp³-hybridized carbons (Fsp3) is 0.429. The first kappa shape index (κ1) is 18.1. The quantitative estimate of drug-likeness (QED) is 0.812. The molecule has 0 aliphatic carbocycles. The van der Waals surface area contributed by atoms with Gasteiger partial charge in [0.25, 0.3) is 0 Å². The SMILES string of the molecule is O=C(Cc1ccc(F)cc1)N1CC2(C[C@@H](OCc3ccccn3)CCO2)C1. The highest BCUT2D eigenvalue weighted by Gasteiger charge is 2.49. The molecule has 0 bridgehead atoms. The van der Waals surface area contributed by atoms with Gasteiger partial charge in [-0.2, -0.15) is 0 Å². The number of halogens is 1. The van der Waals surface area contributed by atoms with Crippen LogP contribution in [0.15, 0.2) is 48.7 Å². The number of pyridine rings is 1. The molecule has 0 unspecified atom stereocenters. The van der Waals surface area contributed by atoms with Gasteiger partial charge in [-0.15, -0.1) is 0 Å². The normalized spacial score (nSPS) is 21.1. The summed E-state index contributed by atoms with van der Waals surface area (Å²) in [6.07, 6.45) is 3.82. The van der Waals surface area contributed by atoms with Crippen LogP contribution in [-0.4, -0.2) is 47.2 Å². The number of likely N-dealkylation sites (tertiary alicyclic amines) is 1. The van der Waals surface area contributed by atoms with Crippen molar-refractivity contribution in [3.8, 4) is 0 Å². The van der Waals surface area contributed by atoms with Crippen molar-refractivity contribution in [1.82, 2.24) is 9.88 Å². The van der Waals surface area contributed by atoms with E-state index in [2.05, 4.69) is 4.98 Å². The zero-order chi connectivity index (χ0) is 18.7.